The summed E-state index contributed by atoms with van der Waals surface area (Å²) in [6.45, 7) is -0.454. The highest BCUT2D eigenvalue weighted by Gasteiger charge is 2.24. The number of hydrogen-bond acceptors (Lipinski definition) is 9. The predicted molar refractivity (Wildman–Crippen MR) is 132 cm³/mol. The number of unbranched alkanes of at least 4 members (excludes halogenated alkanes) is 1. The van der Waals surface area contributed by atoms with Crippen molar-refractivity contribution in [1.82, 2.24) is 21.3 Å². The van der Waals surface area contributed by atoms with Crippen LogP contribution in [0.15, 0.2) is 4.99 Å². The Morgan fingerprint density at radius 3 is 2.00 bits per heavy atom. The number of carboxylic acid groups (broad SMARTS) is 1. The van der Waals surface area contributed by atoms with Crippen molar-refractivity contribution < 1.29 is 33.9 Å². The molecule has 5 amide bonds. The third-order valence-electron chi connectivity index (χ3n) is 4.79. The molecule has 0 aliphatic heterocycles. The van der Waals surface area contributed by atoms with E-state index >= 15 is 0 Å². The second-order valence-corrected chi connectivity index (χ2v) is 8.02. The second-order valence-electron chi connectivity index (χ2n) is 8.02. The number of carbonyl (C=O) groups excluding carboxylic acids is 5. The third-order valence-corrected chi connectivity index (χ3v) is 4.79. The number of amides is 5. The smallest absolute Gasteiger partial charge is 0.326 e. The van der Waals surface area contributed by atoms with E-state index in [0.29, 0.717) is 32.4 Å². The van der Waals surface area contributed by atoms with Gasteiger partial charge in [-0.25, -0.2) is 4.79 Å². The molecule has 0 bridgehead atoms. The van der Waals surface area contributed by atoms with E-state index in [0.717, 1.165) is 0 Å². The van der Waals surface area contributed by atoms with E-state index in [4.69, 9.17) is 33.8 Å². The lowest BCUT2D eigenvalue weighted by atomic mass is 10.1. The highest BCUT2D eigenvalue weighted by atomic mass is 16.4. The molecule has 3 atom stereocenters. The zero-order valence-corrected chi connectivity index (χ0v) is 20.5. The fraction of sp³-hybridized carbons (Fsp3) is 0.650. The fourth-order valence-electron chi connectivity index (χ4n) is 2.87. The van der Waals surface area contributed by atoms with Gasteiger partial charge >= 0.3 is 5.97 Å². The van der Waals surface area contributed by atoms with Crippen LogP contribution in [0.4, 0.5) is 0 Å². The molecule has 0 spiro atoms. The Bertz CT molecular complexity index is 832. The normalized spacial score (nSPS) is 12.8. The van der Waals surface area contributed by atoms with Crippen molar-refractivity contribution >= 4 is 41.5 Å². The average Bonchev–Trinajstić information content (AvgIpc) is 2.82. The van der Waals surface area contributed by atoms with Crippen molar-refractivity contribution in [3.8, 4) is 0 Å². The van der Waals surface area contributed by atoms with Crippen LogP contribution in [0.5, 0.6) is 0 Å². The Morgan fingerprint density at radius 2 is 1.43 bits per heavy atom. The van der Waals surface area contributed by atoms with Gasteiger partial charge in [0.15, 0.2) is 5.96 Å². The first-order valence-electron chi connectivity index (χ1n) is 11.5. The number of carboxylic acids is 1. The molecule has 37 heavy (non-hydrogen) atoms. The molecule has 0 rings (SSSR count). The zero-order chi connectivity index (χ0) is 28.4. The minimum absolute atomic E-state index is 0.0770. The molecule has 3 unspecified atom stereocenters. The molecule has 17 nitrogen and oxygen atoms in total. The number of primary amides is 1. The Labute approximate surface area is 213 Å². The molecule has 210 valence electrons. The van der Waals surface area contributed by atoms with Gasteiger partial charge in [-0.15, -0.1) is 0 Å². The van der Waals surface area contributed by atoms with Gasteiger partial charge in [0.2, 0.25) is 29.5 Å². The number of rotatable bonds is 19. The van der Waals surface area contributed by atoms with Crippen LogP contribution in [0.1, 0.15) is 38.5 Å². The van der Waals surface area contributed by atoms with Gasteiger partial charge in [0.1, 0.15) is 12.1 Å². The SMILES string of the molecule is NCCCCC(NC(=O)C(N)CCCN=C(N)N)C(=O)NCC(=O)NCC(=O)NC(CC(N)=O)C(=O)O. The summed E-state index contributed by atoms with van der Waals surface area (Å²) < 4.78 is 0. The van der Waals surface area contributed by atoms with E-state index in [2.05, 4.69) is 20.9 Å². The van der Waals surface area contributed by atoms with Crippen molar-refractivity contribution in [2.24, 2.45) is 33.7 Å². The number of guanidine groups is 1. The molecule has 0 saturated carbocycles. The molecule has 0 saturated heterocycles. The van der Waals surface area contributed by atoms with Crippen molar-refractivity contribution in [1.29, 1.82) is 0 Å². The molecule has 0 heterocycles. The summed E-state index contributed by atoms with van der Waals surface area (Å²) in [6.07, 6.45) is 1.47. The first-order chi connectivity index (χ1) is 17.4. The molecule has 17 heteroatoms. The van der Waals surface area contributed by atoms with Crippen LogP contribution in [0.25, 0.3) is 0 Å². The predicted octanol–water partition coefficient (Wildman–Crippen LogP) is -5.34. The van der Waals surface area contributed by atoms with Gasteiger partial charge in [-0.3, -0.25) is 29.0 Å². The van der Waals surface area contributed by atoms with Crippen molar-refractivity contribution in [2.75, 3.05) is 26.2 Å². The van der Waals surface area contributed by atoms with E-state index in [9.17, 15) is 28.8 Å². The maximum Gasteiger partial charge on any atom is 0.326 e. The number of nitrogens with zero attached hydrogens (tertiary/aromatic N) is 1. The number of aliphatic imine (C=N–C) groups is 1. The van der Waals surface area contributed by atoms with Gasteiger partial charge in [0, 0.05) is 6.54 Å². The number of nitrogens with one attached hydrogen (secondary N) is 4. The summed E-state index contributed by atoms with van der Waals surface area (Å²) in [7, 11) is 0. The molecular formula is C20H38N10O7. The van der Waals surface area contributed by atoms with E-state index in [1.807, 2.05) is 5.32 Å². The maximum atomic E-state index is 12.6. The zero-order valence-electron chi connectivity index (χ0n) is 20.5. The molecule has 0 aromatic rings. The molecular weight excluding hydrogens is 492 g/mol. The van der Waals surface area contributed by atoms with E-state index in [-0.39, 0.29) is 18.8 Å². The Morgan fingerprint density at radius 1 is 0.784 bits per heavy atom. The highest BCUT2D eigenvalue weighted by Crippen LogP contribution is 2.03. The standard InChI is InChI=1S/C20H38N10O7/c21-6-2-1-5-12(30-17(34)11(22)4-3-7-26-20(24)25)18(35)28-9-15(32)27-10-16(33)29-13(19(36)37)8-14(23)31/h11-13H,1-10,21-22H2,(H2,23,31)(H,27,32)(H,28,35)(H,29,33)(H,30,34)(H,36,37)(H4,24,25,26). The minimum Gasteiger partial charge on any atom is -0.480 e. The number of nitrogens with two attached hydrogens (primary N) is 5. The largest absolute Gasteiger partial charge is 0.480 e. The summed E-state index contributed by atoms with van der Waals surface area (Å²) in [5, 5.41) is 18.1. The molecule has 0 aromatic heterocycles. The summed E-state index contributed by atoms with van der Waals surface area (Å²) in [4.78, 5) is 74.6. The topological polar surface area (TPSA) is 313 Å². The summed E-state index contributed by atoms with van der Waals surface area (Å²) in [5.74, 6) is -5.33. The lowest BCUT2D eigenvalue weighted by Gasteiger charge is -2.20. The molecule has 0 aromatic carbocycles. The van der Waals surface area contributed by atoms with Gasteiger partial charge in [-0.2, -0.15) is 0 Å². The molecule has 0 aliphatic rings. The van der Waals surface area contributed by atoms with Crippen LogP contribution in [-0.4, -0.2) is 90.9 Å². The third kappa shape index (κ3) is 16.3. The van der Waals surface area contributed by atoms with Crippen molar-refractivity contribution in [3.63, 3.8) is 0 Å². The van der Waals surface area contributed by atoms with Gasteiger partial charge in [-0.1, -0.05) is 0 Å². The van der Waals surface area contributed by atoms with E-state index < -0.39 is 73.1 Å². The van der Waals surface area contributed by atoms with Crippen LogP contribution in [-0.2, 0) is 28.8 Å². The Balaban J connectivity index is 4.74. The maximum absolute atomic E-state index is 12.6. The van der Waals surface area contributed by atoms with Crippen LogP contribution >= 0.6 is 0 Å². The summed E-state index contributed by atoms with van der Waals surface area (Å²) >= 11 is 0. The lowest BCUT2D eigenvalue weighted by Crippen LogP contribution is -2.53. The molecule has 0 radical (unpaired) electrons. The Kier molecular flexibility index (Phi) is 16.3. The van der Waals surface area contributed by atoms with Crippen molar-refractivity contribution in [3.05, 3.63) is 0 Å². The van der Waals surface area contributed by atoms with Gasteiger partial charge in [0.05, 0.1) is 25.6 Å². The van der Waals surface area contributed by atoms with E-state index in [1.54, 1.807) is 0 Å². The summed E-state index contributed by atoms with van der Waals surface area (Å²) in [6, 6.07) is -3.44. The minimum atomic E-state index is -1.54. The van der Waals surface area contributed by atoms with Gasteiger partial charge in [0.25, 0.3) is 0 Å². The summed E-state index contributed by atoms with van der Waals surface area (Å²) in [5.41, 5.74) is 26.7. The van der Waals surface area contributed by atoms with E-state index in [1.165, 1.54) is 0 Å². The second kappa shape index (κ2) is 18.3. The number of hydrogen-bond donors (Lipinski definition) is 10. The molecule has 0 aliphatic carbocycles. The van der Waals surface area contributed by atoms with Gasteiger partial charge < -0.3 is 55.0 Å². The average molecular weight is 531 g/mol. The number of aliphatic carboxylic acids is 1. The lowest BCUT2D eigenvalue weighted by molar-refractivity contribution is -0.143. The monoisotopic (exact) mass is 530 g/mol. The Hall–Kier alpha value is -3.99. The first kappa shape index (κ1) is 33.0. The van der Waals surface area contributed by atoms with Crippen LogP contribution in [0, 0.1) is 0 Å². The van der Waals surface area contributed by atoms with Crippen LogP contribution in [0.3, 0.4) is 0 Å². The molecule has 15 N–H and O–H groups in total. The first-order valence-corrected chi connectivity index (χ1v) is 11.5. The van der Waals surface area contributed by atoms with Crippen LogP contribution < -0.4 is 49.9 Å². The number of carbonyl (C=O) groups is 6. The fourth-order valence-corrected chi connectivity index (χ4v) is 2.87. The van der Waals surface area contributed by atoms with Crippen LogP contribution in [0.2, 0.25) is 0 Å². The quantitative estimate of drug-likeness (QED) is 0.0427. The van der Waals surface area contributed by atoms with Crippen molar-refractivity contribution in [2.45, 2.75) is 56.7 Å². The highest BCUT2D eigenvalue weighted by molar-refractivity contribution is 5.93. The van der Waals surface area contributed by atoms with Gasteiger partial charge in [-0.05, 0) is 38.6 Å². The molecule has 0 fully saturated rings.